The molecule has 0 radical (unpaired) electrons. The molecule has 0 saturated heterocycles. The quantitative estimate of drug-likeness (QED) is 0.551. The fourth-order valence-corrected chi connectivity index (χ4v) is 1.95. The molecule has 1 aromatic carbocycles. The molecule has 4 heteroatoms. The van der Waals surface area contributed by atoms with E-state index in [0.717, 1.165) is 32.2 Å². The first-order valence-corrected chi connectivity index (χ1v) is 6.68. The lowest BCUT2D eigenvalue weighted by molar-refractivity contribution is 0.0976. The molecule has 4 nitrogen and oxygen atoms in total. The second-order valence-electron chi connectivity index (χ2n) is 4.44. The Labute approximate surface area is 114 Å². The predicted octanol–water partition coefficient (Wildman–Crippen LogP) is 2.80. The third kappa shape index (κ3) is 4.91. The number of carbonyl (C=O) groups excluding carboxylic acids is 1. The molecule has 0 aromatic heterocycles. The zero-order chi connectivity index (χ0) is 14.1. The van der Waals surface area contributed by atoms with E-state index in [4.69, 9.17) is 15.2 Å². The van der Waals surface area contributed by atoms with E-state index in [0.29, 0.717) is 23.5 Å². The number of unbranched alkanes of at least 4 members (excludes halogenated alkanes) is 3. The summed E-state index contributed by atoms with van der Waals surface area (Å²) in [6.45, 7) is 0.722. The molecule has 2 N–H and O–H groups in total. The highest BCUT2D eigenvalue weighted by Crippen LogP contribution is 2.26. The Morgan fingerprint density at radius 3 is 2.47 bits per heavy atom. The molecule has 106 valence electrons. The largest absolute Gasteiger partial charge is 0.497 e. The lowest BCUT2D eigenvalue weighted by atomic mass is 10.0. The Balaban J connectivity index is 2.56. The molecule has 0 unspecified atom stereocenters. The molecule has 1 aromatic rings. The standard InChI is InChI=1S/C15H23NO3/c1-18-12-8-9-13(15(11-12)19-2)14(17)7-5-3-4-6-10-16/h8-9,11H,3-7,10,16H2,1-2H3. The summed E-state index contributed by atoms with van der Waals surface area (Å²) in [6, 6.07) is 5.28. The maximum Gasteiger partial charge on any atom is 0.166 e. The summed E-state index contributed by atoms with van der Waals surface area (Å²) >= 11 is 0. The number of carbonyl (C=O) groups is 1. The van der Waals surface area contributed by atoms with E-state index < -0.39 is 0 Å². The first-order valence-electron chi connectivity index (χ1n) is 6.68. The van der Waals surface area contributed by atoms with Crippen LogP contribution in [-0.4, -0.2) is 26.5 Å². The van der Waals surface area contributed by atoms with Crippen LogP contribution in [0.15, 0.2) is 18.2 Å². The molecule has 0 aliphatic rings. The first-order chi connectivity index (χ1) is 9.22. The maximum atomic E-state index is 12.1. The highest BCUT2D eigenvalue weighted by atomic mass is 16.5. The van der Waals surface area contributed by atoms with Crippen LogP contribution in [0.25, 0.3) is 0 Å². The van der Waals surface area contributed by atoms with Crippen molar-refractivity contribution in [3.63, 3.8) is 0 Å². The monoisotopic (exact) mass is 265 g/mol. The van der Waals surface area contributed by atoms with Crippen molar-refractivity contribution in [3.8, 4) is 11.5 Å². The van der Waals surface area contributed by atoms with E-state index in [1.54, 1.807) is 32.4 Å². The second kappa shape index (κ2) is 8.53. The number of ether oxygens (including phenoxy) is 2. The average Bonchev–Trinajstić information content (AvgIpc) is 2.46. The Hall–Kier alpha value is -1.55. The third-order valence-electron chi connectivity index (χ3n) is 3.07. The SMILES string of the molecule is COc1ccc(C(=O)CCCCCCN)c(OC)c1. The fraction of sp³-hybridized carbons (Fsp3) is 0.533. The molecule has 0 bridgehead atoms. The van der Waals surface area contributed by atoms with Crippen molar-refractivity contribution in [1.82, 2.24) is 0 Å². The highest BCUT2D eigenvalue weighted by Gasteiger charge is 2.12. The Kier molecular flexibility index (Phi) is 6.97. The van der Waals surface area contributed by atoms with Crippen LogP contribution >= 0.6 is 0 Å². The molecular weight excluding hydrogens is 242 g/mol. The van der Waals surface area contributed by atoms with E-state index in [9.17, 15) is 4.79 Å². The van der Waals surface area contributed by atoms with Crippen LogP contribution in [0.2, 0.25) is 0 Å². The van der Waals surface area contributed by atoms with Gasteiger partial charge in [0.1, 0.15) is 11.5 Å². The molecule has 0 heterocycles. The zero-order valence-corrected chi connectivity index (χ0v) is 11.8. The normalized spacial score (nSPS) is 10.3. The smallest absolute Gasteiger partial charge is 0.166 e. The van der Waals surface area contributed by atoms with E-state index in [1.807, 2.05) is 0 Å². The molecule has 0 aliphatic heterocycles. The van der Waals surface area contributed by atoms with Gasteiger partial charge >= 0.3 is 0 Å². The van der Waals surface area contributed by atoms with Crippen molar-refractivity contribution >= 4 is 5.78 Å². The number of nitrogens with two attached hydrogens (primary N) is 1. The van der Waals surface area contributed by atoms with Crippen molar-refractivity contribution in [2.45, 2.75) is 32.1 Å². The van der Waals surface area contributed by atoms with Gasteiger partial charge in [-0.1, -0.05) is 12.8 Å². The minimum atomic E-state index is 0.118. The molecule has 0 spiro atoms. The van der Waals surface area contributed by atoms with Crippen molar-refractivity contribution in [2.75, 3.05) is 20.8 Å². The van der Waals surface area contributed by atoms with E-state index >= 15 is 0 Å². The van der Waals surface area contributed by atoms with Gasteiger partial charge in [0.05, 0.1) is 19.8 Å². The number of benzene rings is 1. The molecule has 0 atom stereocenters. The van der Waals surface area contributed by atoms with Gasteiger partial charge in [0.2, 0.25) is 0 Å². The topological polar surface area (TPSA) is 61.5 Å². The van der Waals surface area contributed by atoms with Crippen LogP contribution in [0.5, 0.6) is 11.5 Å². The summed E-state index contributed by atoms with van der Waals surface area (Å²) in [4.78, 5) is 12.1. The molecule has 1 rings (SSSR count). The Bertz CT molecular complexity index is 404. The lowest BCUT2D eigenvalue weighted by Crippen LogP contribution is -2.03. The summed E-state index contributed by atoms with van der Waals surface area (Å²) in [5.41, 5.74) is 6.06. The molecule has 0 amide bonds. The van der Waals surface area contributed by atoms with Crippen LogP contribution in [-0.2, 0) is 0 Å². The van der Waals surface area contributed by atoms with Crippen LogP contribution in [0.1, 0.15) is 42.5 Å². The van der Waals surface area contributed by atoms with Gasteiger partial charge in [-0.2, -0.15) is 0 Å². The number of rotatable bonds is 9. The van der Waals surface area contributed by atoms with Crippen molar-refractivity contribution in [1.29, 1.82) is 0 Å². The number of hydrogen-bond acceptors (Lipinski definition) is 4. The van der Waals surface area contributed by atoms with Gasteiger partial charge in [-0.3, -0.25) is 4.79 Å². The zero-order valence-electron chi connectivity index (χ0n) is 11.8. The van der Waals surface area contributed by atoms with Gasteiger partial charge in [-0.25, -0.2) is 0 Å². The summed E-state index contributed by atoms with van der Waals surface area (Å²) in [5.74, 6) is 1.38. The summed E-state index contributed by atoms with van der Waals surface area (Å²) < 4.78 is 10.4. The van der Waals surface area contributed by atoms with E-state index in [1.165, 1.54) is 0 Å². The lowest BCUT2D eigenvalue weighted by Gasteiger charge is -2.09. The van der Waals surface area contributed by atoms with Crippen LogP contribution in [0.3, 0.4) is 0 Å². The highest BCUT2D eigenvalue weighted by molar-refractivity contribution is 5.98. The van der Waals surface area contributed by atoms with Crippen molar-refractivity contribution in [2.24, 2.45) is 5.73 Å². The average molecular weight is 265 g/mol. The molecule has 19 heavy (non-hydrogen) atoms. The molecule has 0 saturated carbocycles. The van der Waals surface area contributed by atoms with E-state index in [-0.39, 0.29) is 5.78 Å². The van der Waals surface area contributed by atoms with Gasteiger partial charge in [-0.05, 0) is 31.5 Å². The Morgan fingerprint density at radius 1 is 1.11 bits per heavy atom. The summed E-state index contributed by atoms with van der Waals surface area (Å²) in [7, 11) is 3.15. The van der Waals surface area contributed by atoms with Crippen molar-refractivity contribution < 1.29 is 14.3 Å². The van der Waals surface area contributed by atoms with Crippen LogP contribution < -0.4 is 15.2 Å². The van der Waals surface area contributed by atoms with Crippen LogP contribution in [0.4, 0.5) is 0 Å². The van der Waals surface area contributed by atoms with E-state index in [2.05, 4.69) is 0 Å². The Morgan fingerprint density at radius 2 is 1.84 bits per heavy atom. The fourth-order valence-electron chi connectivity index (χ4n) is 1.95. The van der Waals surface area contributed by atoms with Gasteiger partial charge in [0.25, 0.3) is 0 Å². The van der Waals surface area contributed by atoms with Gasteiger partial charge < -0.3 is 15.2 Å². The molecule has 0 aliphatic carbocycles. The minimum Gasteiger partial charge on any atom is -0.497 e. The third-order valence-corrected chi connectivity index (χ3v) is 3.07. The number of methoxy groups -OCH3 is 2. The molecule has 0 fully saturated rings. The van der Waals surface area contributed by atoms with Gasteiger partial charge in [0.15, 0.2) is 5.78 Å². The first kappa shape index (κ1) is 15.5. The summed E-state index contributed by atoms with van der Waals surface area (Å²) in [5, 5.41) is 0. The van der Waals surface area contributed by atoms with Crippen LogP contribution in [0, 0.1) is 0 Å². The summed E-state index contributed by atoms with van der Waals surface area (Å²) in [6.07, 6.45) is 4.60. The second-order valence-corrected chi connectivity index (χ2v) is 4.44. The minimum absolute atomic E-state index is 0.118. The predicted molar refractivity (Wildman–Crippen MR) is 76.0 cm³/mol. The number of hydrogen-bond donors (Lipinski definition) is 1. The van der Waals surface area contributed by atoms with Gasteiger partial charge in [-0.15, -0.1) is 0 Å². The number of Topliss-reactive ketones (excluding diaryl/α,β-unsaturated/α-hetero) is 1. The van der Waals surface area contributed by atoms with Crippen molar-refractivity contribution in [3.05, 3.63) is 23.8 Å². The molecular formula is C15H23NO3. The maximum absolute atomic E-state index is 12.1. The van der Waals surface area contributed by atoms with Gasteiger partial charge in [0, 0.05) is 12.5 Å². The number of ketones is 1.